The molecule has 606 valence electrons. The Morgan fingerprint density at radius 2 is 0.602 bits per heavy atom. The van der Waals surface area contributed by atoms with Crippen molar-refractivity contribution >= 4 is 47.4 Å². The molecule has 0 bridgehead atoms. The molecular weight excluding hydrogens is 1500 g/mol. The van der Waals surface area contributed by atoms with Crippen molar-refractivity contribution in [2.45, 2.75) is 54.4 Å². The third-order valence-corrected chi connectivity index (χ3v) is 17.8. The zero-order chi connectivity index (χ0) is 84.1. The molecule has 0 fully saturated rings. The molecule has 8 aromatic carbocycles. The van der Waals surface area contributed by atoms with E-state index in [1.165, 1.54) is 77.5 Å². The predicted molar refractivity (Wildman–Crippen MR) is 455 cm³/mol. The van der Waals surface area contributed by atoms with Gasteiger partial charge in [0, 0.05) is 52.7 Å². The quantitative estimate of drug-likeness (QED) is 0.0198. The number of aryl methyl sites for hydroxylation is 3. The van der Waals surface area contributed by atoms with Crippen molar-refractivity contribution in [3.05, 3.63) is 392 Å². The average molecular weight is 1590 g/mol. The number of hydrogen-bond donors (Lipinski definition) is 10. The number of phenolic OH excluding ortho intramolecular Hbond substituents is 6. The molecule has 0 saturated heterocycles. The Balaban J connectivity index is 0.000000196. The van der Waals surface area contributed by atoms with Crippen LogP contribution in [-0.4, -0.2) is 123 Å². The predicted octanol–water partition coefficient (Wildman–Crippen LogP) is 18.0. The molecule has 0 unspecified atom stereocenters. The number of hydroxylamine groups is 8. The molecule has 0 spiro atoms. The molecule has 8 aromatic rings. The summed E-state index contributed by atoms with van der Waals surface area (Å²) in [5.41, 5.74) is 13.9. The van der Waals surface area contributed by atoms with E-state index in [4.69, 9.17) is 18.9 Å². The minimum atomic E-state index is -0.231. The Morgan fingerprint density at radius 3 is 0.924 bits per heavy atom. The van der Waals surface area contributed by atoms with E-state index >= 15 is 0 Å². The Labute approximate surface area is 685 Å². The van der Waals surface area contributed by atoms with Gasteiger partial charge in [0.1, 0.15) is 11.5 Å². The number of hydrogen-bond acceptors (Lipinski definition) is 22. The number of carbonyl (C=O) groups is 4. The molecule has 22 nitrogen and oxygen atoms in total. The molecule has 0 heterocycles. The van der Waals surface area contributed by atoms with Crippen LogP contribution < -0.4 is 18.9 Å². The van der Waals surface area contributed by atoms with Crippen molar-refractivity contribution in [2.75, 3.05) is 28.4 Å². The van der Waals surface area contributed by atoms with Crippen LogP contribution in [0.25, 0.3) is 24.3 Å². The molecule has 0 saturated carbocycles. The van der Waals surface area contributed by atoms with Crippen LogP contribution in [0.3, 0.4) is 0 Å². The van der Waals surface area contributed by atoms with Crippen molar-refractivity contribution in [2.24, 2.45) is 0 Å². The summed E-state index contributed by atoms with van der Waals surface area (Å²) in [6.07, 6.45) is 39.6. The Hall–Kier alpha value is -14.7. The van der Waals surface area contributed by atoms with Gasteiger partial charge in [-0.05, 0) is 202 Å². The number of ether oxygens (including phenoxy) is 4. The largest absolute Gasteiger partial charge is 0.508 e. The highest BCUT2D eigenvalue weighted by atomic mass is 16.5. The van der Waals surface area contributed by atoms with Gasteiger partial charge >= 0.3 is 0 Å². The lowest BCUT2D eigenvalue weighted by molar-refractivity contribution is -0.112. The summed E-state index contributed by atoms with van der Waals surface area (Å²) in [5.74, 6) is 1.26. The Bertz CT molecular complexity index is 5490. The van der Waals surface area contributed by atoms with Gasteiger partial charge in [-0.2, -0.15) is 0 Å². The number of rotatable bonds is 24. The number of carbonyl (C=O) groups excluding carboxylic acids is 4. The van der Waals surface area contributed by atoms with E-state index in [1.54, 1.807) is 159 Å². The summed E-state index contributed by atoms with van der Waals surface area (Å²) >= 11 is 0. The Kier molecular flexibility index (Phi) is 32.8. The van der Waals surface area contributed by atoms with Gasteiger partial charge in [-0.25, -0.2) is 0 Å². The van der Waals surface area contributed by atoms with E-state index in [2.05, 4.69) is 0 Å². The molecule has 22 heteroatoms. The van der Waals surface area contributed by atoms with Gasteiger partial charge in [-0.1, -0.05) is 189 Å². The third kappa shape index (κ3) is 27.3. The van der Waals surface area contributed by atoms with Crippen LogP contribution in [0.15, 0.2) is 330 Å². The van der Waals surface area contributed by atoms with Crippen LogP contribution in [0.1, 0.15) is 68.6 Å². The van der Waals surface area contributed by atoms with Crippen molar-refractivity contribution < 1.29 is 89.6 Å². The smallest absolute Gasteiger partial charge is 0.187 e. The van der Waals surface area contributed by atoms with E-state index in [9.17, 15) is 70.6 Å². The normalized spacial score (nSPS) is 14.9. The highest BCUT2D eigenvalue weighted by Gasteiger charge is 2.18. The lowest BCUT2D eigenvalue weighted by Crippen LogP contribution is -2.14. The van der Waals surface area contributed by atoms with E-state index in [0.717, 1.165) is 92.6 Å². The molecule has 4 aliphatic rings. The fourth-order valence-electron chi connectivity index (χ4n) is 11.4. The minimum Gasteiger partial charge on any atom is -0.508 e. The van der Waals surface area contributed by atoms with E-state index in [-0.39, 0.29) is 91.2 Å². The molecule has 4 aliphatic carbocycles. The highest BCUT2D eigenvalue weighted by molar-refractivity contribution is 6.10. The second kappa shape index (κ2) is 43.5. The number of aromatic hydroxyl groups is 6. The van der Waals surface area contributed by atoms with Crippen LogP contribution in [0.5, 0.6) is 57.5 Å². The lowest BCUT2D eigenvalue weighted by atomic mass is 10.0. The molecule has 0 atom stereocenters. The number of phenols is 6. The maximum Gasteiger partial charge on any atom is 0.187 e. The monoisotopic (exact) mass is 1590 g/mol. The molecule has 0 radical (unpaired) electrons. The maximum atomic E-state index is 12.2. The van der Waals surface area contributed by atoms with Gasteiger partial charge in [-0.3, -0.25) is 60.3 Å². The summed E-state index contributed by atoms with van der Waals surface area (Å²) < 4.78 is 20.4. The first-order chi connectivity index (χ1) is 56.2. The Morgan fingerprint density at radius 1 is 0.297 bits per heavy atom. The lowest BCUT2D eigenvalue weighted by Gasteiger charge is -2.15. The summed E-state index contributed by atoms with van der Waals surface area (Å²) in [4.78, 5) is 48.6. The van der Waals surface area contributed by atoms with Crippen LogP contribution in [0.2, 0.25) is 0 Å². The minimum absolute atomic E-state index is 0. The SMILES string of the molecule is C.COc1cc(/C=C/C2=CC(=CN(O)Cc3ccc(C)c(O)c3)C(=O)C=C2)ccc1O.COc1cc(/C=C/C2=CC(=CN(O)Cc3ccc(C)cc3)C(=O)C=C2)ccc1O.COc1cc(/C=C/C2=CC(=CN(O)Cc3ccc(C)cc3O)C(=O)C=C2)ccc1O.COc1cc(/C=C/C2=CC(=CN(O)Cc3ccccc3)C(=O)C=C2)ccc1O. The number of nitrogens with zero attached hydrogens (tertiary/aromatic N) is 4. The van der Waals surface area contributed by atoms with E-state index in [1.807, 2.05) is 123 Å². The van der Waals surface area contributed by atoms with Crippen LogP contribution in [0, 0.1) is 20.8 Å². The maximum absolute atomic E-state index is 12.2. The van der Waals surface area contributed by atoms with Crippen molar-refractivity contribution in [1.82, 2.24) is 20.3 Å². The van der Waals surface area contributed by atoms with Crippen molar-refractivity contribution in [3.63, 3.8) is 0 Å². The zero-order valence-corrected chi connectivity index (χ0v) is 65.3. The van der Waals surface area contributed by atoms with Gasteiger partial charge in [0.2, 0.25) is 0 Å². The summed E-state index contributed by atoms with van der Waals surface area (Å²) in [5, 5.41) is 103. The summed E-state index contributed by atoms with van der Waals surface area (Å²) in [6, 6.07) is 47.7. The van der Waals surface area contributed by atoms with Crippen molar-refractivity contribution in [1.29, 1.82) is 0 Å². The van der Waals surface area contributed by atoms with Crippen LogP contribution in [-0.2, 0) is 45.4 Å². The van der Waals surface area contributed by atoms with E-state index in [0.29, 0.717) is 56.4 Å². The van der Waals surface area contributed by atoms with Crippen molar-refractivity contribution in [3.8, 4) is 57.5 Å². The molecule has 12 rings (SSSR count). The molecule has 118 heavy (non-hydrogen) atoms. The fraction of sp³-hybridized carbons (Fsp3) is 0.125. The molecular formula is C96H94N4O18. The topological polar surface area (TPSA) is 320 Å². The first-order valence-corrected chi connectivity index (χ1v) is 36.5. The second-order valence-electron chi connectivity index (χ2n) is 26.9. The van der Waals surface area contributed by atoms with E-state index < -0.39 is 0 Å². The molecule has 0 aromatic heterocycles. The van der Waals surface area contributed by atoms with Gasteiger partial charge in [-0.15, -0.1) is 0 Å². The molecule has 0 aliphatic heterocycles. The van der Waals surface area contributed by atoms with Gasteiger partial charge in [0.25, 0.3) is 0 Å². The number of benzene rings is 8. The van der Waals surface area contributed by atoms with Gasteiger partial charge < -0.3 is 49.6 Å². The first kappa shape index (κ1) is 88.9. The number of allylic oxidation sites excluding steroid dienone is 24. The molecule has 10 N–H and O–H groups in total. The number of methoxy groups -OCH3 is 4. The molecule has 0 amide bonds. The van der Waals surface area contributed by atoms with Gasteiger partial charge in [0.05, 0.1) is 54.6 Å². The highest BCUT2D eigenvalue weighted by Crippen LogP contribution is 2.33. The standard InChI is InChI=1S/2C24H23NO5.C24H23NO4.C23H21NO4.CH4/c1-16-3-8-19(23(28)11-16)14-25(29)15-20-12-17(6-9-21(20)26)4-5-18-7-10-22(27)24(13-18)30-2;1-16-3-4-19(12-23(16)28)14-25(29)15-20-11-17(7-9-21(20)26)5-6-18-8-10-22(27)24(13-18)30-2;1-17-3-5-20(6-4-17)15-25(28)16-21-13-18(9-11-22(21)26)7-8-19-10-12-23(27)24(14-19)29-2;1-28-23-14-18(10-12-22(23)26)8-7-17-9-11-21(25)20(13-17)16-24(27)15-19-5-3-2-4-6-19;/h2*3-13,15,27-29H,14H2,1-2H3;3-14,16,27-28H,15H2,1-2H3;2-14,16,26-27H,15H2,1H3;1H4/b5-4+,20-15?;6-5+,20-15?;8-7+,21-16?;8-7+,20-16?;. The number of ketones is 4. The second-order valence-corrected chi connectivity index (χ2v) is 26.9. The third-order valence-electron chi connectivity index (χ3n) is 17.8. The summed E-state index contributed by atoms with van der Waals surface area (Å²) in [6.45, 7) is 6.39. The summed E-state index contributed by atoms with van der Waals surface area (Å²) in [7, 11) is 5.95. The first-order valence-electron chi connectivity index (χ1n) is 36.5. The van der Waals surface area contributed by atoms with Crippen LogP contribution >= 0.6 is 0 Å². The van der Waals surface area contributed by atoms with Gasteiger partial charge in [0.15, 0.2) is 69.1 Å². The van der Waals surface area contributed by atoms with Crippen LogP contribution in [0.4, 0.5) is 0 Å². The zero-order valence-electron chi connectivity index (χ0n) is 65.3. The average Bonchev–Trinajstić information content (AvgIpc) is 0.847. The fourth-order valence-corrected chi connectivity index (χ4v) is 11.4.